The van der Waals surface area contributed by atoms with Crippen molar-refractivity contribution in [2.75, 3.05) is 0 Å². The maximum absolute atomic E-state index is 5.93. The van der Waals surface area contributed by atoms with E-state index in [2.05, 4.69) is 52.4 Å². The molecule has 0 aromatic heterocycles. The van der Waals surface area contributed by atoms with E-state index >= 15 is 0 Å². The van der Waals surface area contributed by atoms with Crippen molar-refractivity contribution in [1.82, 2.24) is 0 Å². The second-order valence-electron chi connectivity index (χ2n) is 5.05. The lowest BCUT2D eigenvalue weighted by atomic mass is 11.9. The van der Waals surface area contributed by atoms with Crippen molar-refractivity contribution < 1.29 is 20.6 Å². The van der Waals surface area contributed by atoms with Gasteiger partial charge >= 0.3 is 0 Å². The first-order valence-electron chi connectivity index (χ1n) is 6.98. The van der Waals surface area contributed by atoms with Crippen molar-refractivity contribution in [3.8, 4) is 0 Å². The molecule has 0 spiro atoms. The van der Waals surface area contributed by atoms with Crippen molar-refractivity contribution >= 4 is 55.2 Å². The van der Waals surface area contributed by atoms with Crippen LogP contribution in [-0.4, -0.2) is 55.2 Å². The normalized spacial score (nSPS) is 18.6. The highest BCUT2D eigenvalue weighted by atomic mass is 28.5. The Hall–Kier alpha value is 1.10. The molecule has 0 N–H and O–H groups in total. The lowest BCUT2D eigenvalue weighted by Crippen LogP contribution is -2.39. The van der Waals surface area contributed by atoms with E-state index < -0.39 is 55.2 Å². The lowest BCUT2D eigenvalue weighted by molar-refractivity contribution is 0.338. The van der Waals surface area contributed by atoms with Gasteiger partial charge in [-0.15, -0.1) is 0 Å². The highest BCUT2D eigenvalue weighted by Crippen LogP contribution is 2.03. The quantitative estimate of drug-likeness (QED) is 0.519. The molecule has 11 heteroatoms. The van der Waals surface area contributed by atoms with Crippen LogP contribution < -0.4 is 0 Å². The van der Waals surface area contributed by atoms with Gasteiger partial charge < -0.3 is 20.6 Å². The molecule has 19 heavy (non-hydrogen) atoms. The van der Waals surface area contributed by atoms with E-state index in [1.165, 1.54) is 0 Å². The van der Waals surface area contributed by atoms with Gasteiger partial charge in [-0.1, -0.05) is 0 Å². The first-order chi connectivity index (χ1) is 8.70. The van der Waals surface area contributed by atoms with Gasteiger partial charge in [0.25, 0.3) is 37.1 Å². The highest BCUT2D eigenvalue weighted by molar-refractivity contribution is 6.70. The fraction of sp³-hybridized carbons (Fsp3) is 1.00. The van der Waals surface area contributed by atoms with E-state index in [4.69, 9.17) is 20.6 Å². The average molecular weight is 375 g/mol. The molecule has 0 heterocycles. The molecule has 0 aliphatic rings. The average Bonchev–Trinajstić information content (AvgIpc) is 2.12. The molecule has 0 aliphatic heterocycles. The van der Waals surface area contributed by atoms with Crippen LogP contribution in [0.3, 0.4) is 0 Å². The molecule has 4 unspecified atom stereocenters. The van der Waals surface area contributed by atoms with Crippen LogP contribution in [0.4, 0.5) is 0 Å². The standard InChI is InChI=1S/C8H30O5Si6/c1-14(2)9-16(5)11-18(7)13-19(8)12-17(6)10-15(3)4/h14-19H,1-8H3. The van der Waals surface area contributed by atoms with Crippen LogP contribution in [-0.2, 0) is 20.6 Å². The second kappa shape index (κ2) is 10.8. The van der Waals surface area contributed by atoms with Crippen LogP contribution in [0.2, 0.25) is 52.4 Å². The van der Waals surface area contributed by atoms with Crippen LogP contribution in [0.5, 0.6) is 0 Å². The Morgan fingerprint density at radius 2 is 0.579 bits per heavy atom. The third kappa shape index (κ3) is 12.5. The summed E-state index contributed by atoms with van der Waals surface area (Å²) in [4.78, 5) is 0. The van der Waals surface area contributed by atoms with Gasteiger partial charge in [0.2, 0.25) is 0 Å². The third-order valence-electron chi connectivity index (χ3n) is 2.08. The van der Waals surface area contributed by atoms with Gasteiger partial charge in [0.05, 0.1) is 0 Å². The van der Waals surface area contributed by atoms with E-state index in [1.54, 1.807) is 0 Å². The van der Waals surface area contributed by atoms with Gasteiger partial charge in [-0.05, 0) is 52.4 Å². The SMILES string of the molecule is C[SiH](C)O[SiH](C)O[SiH](C)O[SiH](C)O[SiH](C)O[SiH](C)C. The molecule has 5 nitrogen and oxygen atoms in total. The summed E-state index contributed by atoms with van der Waals surface area (Å²) < 4.78 is 29.4. The monoisotopic (exact) mass is 374 g/mol. The van der Waals surface area contributed by atoms with Crippen molar-refractivity contribution in [1.29, 1.82) is 0 Å². The molecule has 0 bridgehead atoms. The Balaban J connectivity index is 3.88. The van der Waals surface area contributed by atoms with Gasteiger partial charge in [-0.2, -0.15) is 0 Å². The summed E-state index contributed by atoms with van der Waals surface area (Å²) in [6.45, 7) is 17.0. The molecule has 0 saturated heterocycles. The number of hydrogen-bond acceptors (Lipinski definition) is 5. The zero-order chi connectivity index (χ0) is 15.0. The van der Waals surface area contributed by atoms with Crippen LogP contribution in [0.15, 0.2) is 0 Å². The zero-order valence-electron chi connectivity index (χ0n) is 13.5. The van der Waals surface area contributed by atoms with Gasteiger partial charge in [-0.3, -0.25) is 0 Å². The molecule has 0 rings (SSSR count). The minimum Gasteiger partial charge on any atom is -0.442 e. The van der Waals surface area contributed by atoms with Crippen molar-refractivity contribution in [3.63, 3.8) is 0 Å². The van der Waals surface area contributed by atoms with Crippen LogP contribution in [0, 0.1) is 0 Å². The molecule has 0 amide bonds. The van der Waals surface area contributed by atoms with Crippen LogP contribution >= 0.6 is 0 Å². The molecule has 0 aliphatic carbocycles. The molecule has 0 radical (unpaired) electrons. The molecule has 116 valence electrons. The van der Waals surface area contributed by atoms with E-state index in [0.717, 1.165) is 0 Å². The molecule has 0 aromatic rings. The van der Waals surface area contributed by atoms with Gasteiger partial charge in [0, 0.05) is 0 Å². The molecule has 4 atom stereocenters. The lowest BCUT2D eigenvalue weighted by Gasteiger charge is -2.24. The predicted molar refractivity (Wildman–Crippen MR) is 95.2 cm³/mol. The maximum Gasteiger partial charge on any atom is 0.300 e. The first-order valence-corrected chi connectivity index (χ1v) is 20.9. The summed E-state index contributed by atoms with van der Waals surface area (Å²) in [5.74, 6) is 0. The fourth-order valence-corrected chi connectivity index (χ4v) is 17.6. The minimum atomic E-state index is -1.60. The number of hydrogen-bond donors (Lipinski definition) is 0. The molecule has 0 fully saturated rings. The predicted octanol–water partition coefficient (Wildman–Crippen LogP) is 0.437. The molecule has 0 aromatic carbocycles. The summed E-state index contributed by atoms with van der Waals surface area (Å²) in [5.41, 5.74) is 0. The van der Waals surface area contributed by atoms with Crippen LogP contribution in [0.1, 0.15) is 0 Å². The van der Waals surface area contributed by atoms with Crippen molar-refractivity contribution in [2.45, 2.75) is 52.4 Å². The van der Waals surface area contributed by atoms with Crippen molar-refractivity contribution in [2.24, 2.45) is 0 Å². The Morgan fingerprint density at radius 3 is 0.789 bits per heavy atom. The van der Waals surface area contributed by atoms with Gasteiger partial charge in [-0.25, -0.2) is 0 Å². The molecular weight excluding hydrogens is 345 g/mol. The minimum absolute atomic E-state index is 0.988. The number of rotatable bonds is 10. The van der Waals surface area contributed by atoms with Gasteiger partial charge in [0.1, 0.15) is 0 Å². The maximum atomic E-state index is 5.93. The van der Waals surface area contributed by atoms with Crippen molar-refractivity contribution in [3.05, 3.63) is 0 Å². The summed E-state index contributed by atoms with van der Waals surface area (Å²) in [5, 5.41) is 0. The van der Waals surface area contributed by atoms with E-state index in [9.17, 15) is 0 Å². The summed E-state index contributed by atoms with van der Waals surface area (Å²) in [6, 6.07) is 0. The van der Waals surface area contributed by atoms with E-state index in [0.29, 0.717) is 0 Å². The zero-order valence-corrected chi connectivity index (χ0v) is 20.4. The largest absolute Gasteiger partial charge is 0.442 e. The summed E-state index contributed by atoms with van der Waals surface area (Å²) >= 11 is 0. The first kappa shape index (κ1) is 20.1. The van der Waals surface area contributed by atoms with E-state index in [1.807, 2.05) is 0 Å². The Morgan fingerprint density at radius 1 is 0.368 bits per heavy atom. The van der Waals surface area contributed by atoms with Crippen LogP contribution in [0.25, 0.3) is 0 Å². The fourth-order valence-electron chi connectivity index (χ4n) is 1.70. The van der Waals surface area contributed by atoms with Gasteiger partial charge in [0.15, 0.2) is 18.1 Å². The topological polar surface area (TPSA) is 46.2 Å². The Bertz CT molecular complexity index is 212. The molecule has 0 saturated carbocycles. The smallest absolute Gasteiger partial charge is 0.300 e. The summed E-state index contributed by atoms with van der Waals surface area (Å²) in [7, 11) is -8.14. The Kier molecular flexibility index (Phi) is 11.4. The highest BCUT2D eigenvalue weighted by Gasteiger charge is 2.21. The Labute approximate surface area is 128 Å². The summed E-state index contributed by atoms with van der Waals surface area (Å²) in [6.07, 6.45) is 0. The second-order valence-corrected chi connectivity index (χ2v) is 19.2. The van der Waals surface area contributed by atoms with E-state index in [-0.39, 0.29) is 0 Å². The third-order valence-corrected chi connectivity index (χ3v) is 18.7. The molecular formula is C8H30O5Si6.